The molecule has 1 atom stereocenters. The maximum atomic E-state index is 5.33. The topological polar surface area (TPSA) is 60.6 Å². The molecule has 5 nitrogen and oxygen atoms in total. The predicted octanol–water partition coefficient (Wildman–Crippen LogP) is 9.81. The first kappa shape index (κ1) is 27.8. The van der Waals surface area contributed by atoms with Crippen LogP contribution in [0.5, 0.6) is 0 Å². The van der Waals surface area contributed by atoms with Crippen molar-refractivity contribution in [2.24, 2.45) is 0 Å². The highest BCUT2D eigenvalue weighted by Gasteiger charge is 2.20. The van der Waals surface area contributed by atoms with Crippen LogP contribution in [0.4, 0.5) is 5.69 Å². The number of hydrogen-bond acceptors (Lipinski definition) is 3. The van der Waals surface area contributed by atoms with Crippen molar-refractivity contribution in [2.75, 3.05) is 19.0 Å². The van der Waals surface area contributed by atoms with Gasteiger partial charge in [0.25, 0.3) is 0 Å². The van der Waals surface area contributed by atoms with Crippen LogP contribution in [0, 0.1) is 0 Å². The summed E-state index contributed by atoms with van der Waals surface area (Å²) < 4.78 is 0. The van der Waals surface area contributed by atoms with Crippen LogP contribution < -0.4 is 4.90 Å². The van der Waals surface area contributed by atoms with E-state index >= 15 is 0 Å². The highest BCUT2D eigenvalue weighted by Crippen LogP contribution is 2.37. The monoisotopic (exact) mass is 555 g/mol. The Labute approximate surface area is 249 Å². The Morgan fingerprint density at radius 3 is 1.69 bits per heavy atom. The second-order valence-corrected chi connectivity index (χ2v) is 11.7. The minimum absolute atomic E-state index is 0.346. The zero-order valence-corrected chi connectivity index (χ0v) is 25.6. The lowest BCUT2D eigenvalue weighted by atomic mass is 9.92. The van der Waals surface area contributed by atoms with E-state index < -0.39 is 0 Å². The maximum absolute atomic E-state index is 5.33. The molecule has 0 radical (unpaired) electrons. The molecule has 0 spiro atoms. The van der Waals surface area contributed by atoms with E-state index in [4.69, 9.17) is 9.97 Å². The van der Waals surface area contributed by atoms with E-state index in [0.717, 1.165) is 75.2 Å². The quantitative estimate of drug-likeness (QED) is 0.206. The molecule has 0 saturated carbocycles. The van der Waals surface area contributed by atoms with Crippen LogP contribution in [-0.4, -0.2) is 34.0 Å². The minimum atomic E-state index is 0.346. The first-order chi connectivity index (χ1) is 20.4. The molecule has 214 valence electrons. The summed E-state index contributed by atoms with van der Waals surface area (Å²) in [6.07, 6.45) is 11.8. The number of rotatable bonds is 7. The van der Waals surface area contributed by atoms with Crippen molar-refractivity contribution < 1.29 is 0 Å². The molecule has 3 aromatic heterocycles. The van der Waals surface area contributed by atoms with Crippen LogP contribution in [0.1, 0.15) is 92.7 Å². The predicted molar refractivity (Wildman–Crippen MR) is 181 cm³/mol. The normalized spacial score (nSPS) is 13.2. The largest absolute Gasteiger partial charge is 0.378 e. The smallest absolute Gasteiger partial charge is 0.0737 e. The average molecular weight is 556 g/mol. The zero-order chi connectivity index (χ0) is 29.4. The molecule has 4 aromatic rings. The molecule has 0 saturated heterocycles. The van der Waals surface area contributed by atoms with Gasteiger partial charge in [0.1, 0.15) is 0 Å². The van der Waals surface area contributed by atoms with E-state index in [-0.39, 0.29) is 0 Å². The zero-order valence-electron chi connectivity index (χ0n) is 25.6. The molecule has 0 fully saturated rings. The second-order valence-electron chi connectivity index (χ2n) is 11.7. The minimum Gasteiger partial charge on any atom is -0.378 e. The number of anilines is 1. The molecule has 5 heterocycles. The van der Waals surface area contributed by atoms with Crippen molar-refractivity contribution in [3.8, 4) is 11.1 Å². The third-order valence-corrected chi connectivity index (χ3v) is 8.82. The molecule has 0 amide bonds. The number of aromatic amines is 2. The van der Waals surface area contributed by atoms with Crippen molar-refractivity contribution in [3.05, 3.63) is 88.5 Å². The lowest BCUT2D eigenvalue weighted by molar-refractivity contribution is 0.642. The van der Waals surface area contributed by atoms with Gasteiger partial charge in [0, 0.05) is 58.5 Å². The maximum Gasteiger partial charge on any atom is 0.0737 e. The summed E-state index contributed by atoms with van der Waals surface area (Å²) in [4.78, 5) is 20.2. The van der Waals surface area contributed by atoms with Crippen LogP contribution in [0.3, 0.4) is 0 Å². The highest BCUT2D eigenvalue weighted by atomic mass is 15.1. The number of fused-ring (bicyclic) bond motifs is 8. The van der Waals surface area contributed by atoms with Crippen LogP contribution in [-0.2, 0) is 0 Å². The Morgan fingerprint density at radius 1 is 0.643 bits per heavy atom. The average Bonchev–Trinajstić information content (AvgIpc) is 3.82. The van der Waals surface area contributed by atoms with Crippen molar-refractivity contribution in [3.63, 3.8) is 0 Å². The van der Waals surface area contributed by atoms with Gasteiger partial charge in [-0.1, -0.05) is 39.8 Å². The van der Waals surface area contributed by atoms with Gasteiger partial charge in [-0.3, -0.25) is 0 Å². The van der Waals surface area contributed by atoms with Gasteiger partial charge < -0.3 is 14.9 Å². The fraction of sp³-hybridized carbons (Fsp3) is 0.297. The fourth-order valence-electron chi connectivity index (χ4n) is 6.25. The molecule has 5 heteroatoms. The first-order valence-corrected chi connectivity index (χ1v) is 15.3. The molecular weight excluding hydrogens is 514 g/mol. The molecule has 6 rings (SSSR count). The van der Waals surface area contributed by atoms with Gasteiger partial charge in [0.2, 0.25) is 0 Å². The van der Waals surface area contributed by atoms with Gasteiger partial charge in [-0.2, -0.15) is 0 Å². The number of H-pyrrole nitrogens is 2. The number of nitrogens with zero attached hydrogens (tertiary/aromatic N) is 3. The van der Waals surface area contributed by atoms with E-state index in [1.165, 1.54) is 16.8 Å². The molecule has 2 aliphatic rings. The van der Waals surface area contributed by atoms with Gasteiger partial charge in [0.05, 0.1) is 22.8 Å². The van der Waals surface area contributed by atoms with E-state index in [2.05, 4.69) is 136 Å². The molecule has 8 bridgehead atoms. The molecule has 0 aliphatic carbocycles. The molecule has 2 N–H and O–H groups in total. The van der Waals surface area contributed by atoms with Crippen molar-refractivity contribution in [1.82, 2.24) is 19.9 Å². The Balaban J connectivity index is 1.76. The Kier molecular flexibility index (Phi) is 7.59. The Hall–Kier alpha value is -4.38. The van der Waals surface area contributed by atoms with Gasteiger partial charge in [-0.15, -0.1) is 0 Å². The summed E-state index contributed by atoms with van der Waals surface area (Å²) in [6, 6.07) is 19.7. The summed E-state index contributed by atoms with van der Waals surface area (Å²) in [5.41, 5.74) is 14.2. The second kappa shape index (κ2) is 11.5. The number of aromatic nitrogens is 4. The molecular formula is C37H41N5. The standard InChI is InChI=1S/C37H41N5/c1-7-23(4)35-29-16-12-26(38-29)22-27-13-17-31(39-27)36(24(8-2)9-3)32-20-21-34(41-32)37(33-19-18-30(35)40-33)25-10-14-28(15-11-25)42(5)6/h10-24,38-39H,7-9H2,1-6H3. The molecule has 1 unspecified atom stereocenters. The summed E-state index contributed by atoms with van der Waals surface area (Å²) in [7, 11) is 4.14. The third kappa shape index (κ3) is 5.09. The van der Waals surface area contributed by atoms with Crippen molar-refractivity contribution in [2.45, 2.75) is 58.8 Å². The van der Waals surface area contributed by atoms with E-state index in [1.807, 2.05) is 0 Å². The SMILES string of the molecule is CCC(C)c1c2nc(c(-c3ccc(N(C)C)cc3)c3nc(c(C(CC)CC)c4ccc(cc5ccc1[nH]5)[nH]4)C=C3)C=C2. The van der Waals surface area contributed by atoms with Crippen LogP contribution in [0.25, 0.3) is 57.5 Å². The van der Waals surface area contributed by atoms with Gasteiger partial charge in [0.15, 0.2) is 0 Å². The Bertz CT molecular complexity index is 1830. The summed E-state index contributed by atoms with van der Waals surface area (Å²) >= 11 is 0. The van der Waals surface area contributed by atoms with Crippen LogP contribution in [0.2, 0.25) is 0 Å². The van der Waals surface area contributed by atoms with Crippen LogP contribution in [0.15, 0.2) is 54.6 Å². The number of nitrogens with one attached hydrogen (secondary N) is 2. The van der Waals surface area contributed by atoms with E-state index in [9.17, 15) is 0 Å². The first-order valence-electron chi connectivity index (χ1n) is 15.3. The fourth-order valence-corrected chi connectivity index (χ4v) is 6.25. The van der Waals surface area contributed by atoms with Gasteiger partial charge in [-0.05, 0) is 103 Å². The summed E-state index contributed by atoms with van der Waals surface area (Å²) in [6.45, 7) is 9.06. The Morgan fingerprint density at radius 2 is 1.17 bits per heavy atom. The van der Waals surface area contributed by atoms with Crippen molar-refractivity contribution >= 4 is 52.1 Å². The van der Waals surface area contributed by atoms with Crippen molar-refractivity contribution in [1.29, 1.82) is 0 Å². The number of hydrogen-bond donors (Lipinski definition) is 2. The molecule has 1 aromatic carbocycles. The molecule has 42 heavy (non-hydrogen) atoms. The lowest BCUT2D eigenvalue weighted by Gasteiger charge is -2.14. The third-order valence-electron chi connectivity index (χ3n) is 8.82. The lowest BCUT2D eigenvalue weighted by Crippen LogP contribution is -2.08. The highest BCUT2D eigenvalue weighted by molar-refractivity contribution is 5.90. The molecule has 2 aliphatic heterocycles. The van der Waals surface area contributed by atoms with Gasteiger partial charge in [-0.25, -0.2) is 9.97 Å². The number of benzene rings is 1. The van der Waals surface area contributed by atoms with E-state index in [0.29, 0.717) is 11.8 Å². The summed E-state index contributed by atoms with van der Waals surface area (Å²) in [5, 5.41) is 0. The van der Waals surface area contributed by atoms with Gasteiger partial charge >= 0.3 is 0 Å². The van der Waals surface area contributed by atoms with E-state index in [1.54, 1.807) is 0 Å². The van der Waals surface area contributed by atoms with Crippen LogP contribution >= 0.6 is 0 Å². The summed E-state index contributed by atoms with van der Waals surface area (Å²) in [5.74, 6) is 0.744.